The molecule has 30 heavy (non-hydrogen) atoms. The van der Waals surface area contributed by atoms with E-state index in [1.54, 1.807) is 29.9 Å². The molecule has 0 saturated heterocycles. The van der Waals surface area contributed by atoms with Gasteiger partial charge in [0.2, 0.25) is 5.91 Å². The SMILES string of the molecule is COCCCn1c(SCC(=O)Nc2cc(Cl)c(Cl)cc2Cl)nc2ccccc2c1=O. The van der Waals surface area contributed by atoms with Gasteiger partial charge in [-0.3, -0.25) is 14.2 Å². The highest BCUT2D eigenvalue weighted by Crippen LogP contribution is 2.32. The Morgan fingerprint density at radius 1 is 1.17 bits per heavy atom. The van der Waals surface area contributed by atoms with Gasteiger partial charge in [-0.2, -0.15) is 0 Å². The molecule has 0 saturated carbocycles. The Balaban J connectivity index is 1.80. The summed E-state index contributed by atoms with van der Waals surface area (Å²) in [6.45, 7) is 0.951. The lowest BCUT2D eigenvalue weighted by atomic mass is 10.2. The van der Waals surface area contributed by atoms with E-state index < -0.39 is 0 Å². The first-order valence-electron chi connectivity index (χ1n) is 8.96. The van der Waals surface area contributed by atoms with Crippen LogP contribution in [0.1, 0.15) is 6.42 Å². The van der Waals surface area contributed by atoms with Gasteiger partial charge >= 0.3 is 0 Å². The van der Waals surface area contributed by atoms with Crippen molar-refractivity contribution in [1.29, 1.82) is 0 Å². The maximum atomic E-state index is 12.9. The smallest absolute Gasteiger partial charge is 0.262 e. The second kappa shape index (κ2) is 10.5. The summed E-state index contributed by atoms with van der Waals surface area (Å²) in [7, 11) is 1.61. The number of carbonyl (C=O) groups is 1. The van der Waals surface area contributed by atoms with Crippen molar-refractivity contribution in [3.05, 3.63) is 61.8 Å². The van der Waals surface area contributed by atoms with Crippen LogP contribution in [0.25, 0.3) is 10.9 Å². The van der Waals surface area contributed by atoms with Crippen LogP contribution >= 0.6 is 46.6 Å². The first-order valence-corrected chi connectivity index (χ1v) is 11.1. The van der Waals surface area contributed by atoms with E-state index in [9.17, 15) is 9.59 Å². The van der Waals surface area contributed by atoms with Gasteiger partial charge < -0.3 is 10.1 Å². The molecule has 0 aliphatic carbocycles. The predicted octanol–water partition coefficient (Wildman–Crippen LogP) is 5.12. The second-order valence-corrected chi connectivity index (χ2v) is 8.46. The Morgan fingerprint density at radius 3 is 2.67 bits per heavy atom. The lowest BCUT2D eigenvalue weighted by Gasteiger charge is -2.13. The van der Waals surface area contributed by atoms with E-state index in [0.29, 0.717) is 46.3 Å². The molecule has 6 nitrogen and oxygen atoms in total. The van der Waals surface area contributed by atoms with Gasteiger partial charge in [-0.15, -0.1) is 0 Å². The summed E-state index contributed by atoms with van der Waals surface area (Å²) in [6, 6.07) is 10.1. The van der Waals surface area contributed by atoms with Crippen molar-refractivity contribution in [2.45, 2.75) is 18.1 Å². The number of hydrogen-bond acceptors (Lipinski definition) is 5. The number of anilines is 1. The van der Waals surface area contributed by atoms with E-state index in [-0.39, 0.29) is 27.3 Å². The number of nitrogens with zero attached hydrogens (tertiary/aromatic N) is 2. The summed E-state index contributed by atoms with van der Waals surface area (Å²) < 4.78 is 6.66. The highest BCUT2D eigenvalue weighted by Gasteiger charge is 2.14. The fourth-order valence-corrected chi connectivity index (χ4v) is 4.18. The Morgan fingerprint density at radius 2 is 1.90 bits per heavy atom. The molecule has 1 amide bonds. The highest BCUT2D eigenvalue weighted by atomic mass is 35.5. The van der Waals surface area contributed by atoms with Gasteiger partial charge in [0.25, 0.3) is 5.56 Å². The zero-order chi connectivity index (χ0) is 21.7. The number of para-hydroxylation sites is 1. The van der Waals surface area contributed by atoms with E-state index in [2.05, 4.69) is 10.3 Å². The number of rotatable bonds is 8. The number of methoxy groups -OCH3 is 1. The van der Waals surface area contributed by atoms with Crippen LogP contribution in [0.15, 0.2) is 46.3 Å². The second-order valence-electron chi connectivity index (χ2n) is 6.30. The van der Waals surface area contributed by atoms with Crippen LogP contribution in [-0.4, -0.2) is 34.9 Å². The third-order valence-corrected chi connectivity index (χ3v) is 6.18. The lowest BCUT2D eigenvalue weighted by Crippen LogP contribution is -2.25. The first kappa shape index (κ1) is 22.9. The largest absolute Gasteiger partial charge is 0.385 e. The number of nitrogens with one attached hydrogen (secondary N) is 1. The van der Waals surface area contributed by atoms with E-state index in [1.165, 1.54) is 23.9 Å². The average Bonchev–Trinajstić information content (AvgIpc) is 2.72. The average molecular weight is 487 g/mol. The molecule has 3 rings (SSSR count). The van der Waals surface area contributed by atoms with Crippen LogP contribution in [0.2, 0.25) is 15.1 Å². The zero-order valence-corrected chi connectivity index (χ0v) is 19.0. The minimum absolute atomic E-state index is 0.0334. The molecule has 1 aromatic heterocycles. The number of ether oxygens (including phenoxy) is 1. The Kier molecular flexibility index (Phi) is 8.02. The number of thioether (sulfide) groups is 1. The molecule has 158 valence electrons. The highest BCUT2D eigenvalue weighted by molar-refractivity contribution is 7.99. The monoisotopic (exact) mass is 485 g/mol. The summed E-state index contributed by atoms with van der Waals surface area (Å²) >= 11 is 19.2. The quantitative estimate of drug-likeness (QED) is 0.207. The van der Waals surface area contributed by atoms with Crippen molar-refractivity contribution < 1.29 is 9.53 Å². The molecule has 2 aromatic carbocycles. The standard InChI is InChI=1S/C20H18Cl3N3O3S/c1-29-8-4-7-26-19(28)12-5-2-3-6-16(12)25-20(26)30-11-18(27)24-17-10-14(22)13(21)9-15(17)23/h2-3,5-6,9-10H,4,7-8,11H2,1H3,(H,24,27). The summed E-state index contributed by atoms with van der Waals surface area (Å²) in [6.07, 6.45) is 0.648. The molecule has 0 bridgehead atoms. The molecule has 3 aromatic rings. The van der Waals surface area contributed by atoms with Gasteiger partial charge in [0.05, 0.1) is 37.4 Å². The van der Waals surface area contributed by atoms with Gasteiger partial charge in [0, 0.05) is 20.3 Å². The summed E-state index contributed by atoms with van der Waals surface area (Å²) in [5.41, 5.74) is 0.800. The van der Waals surface area contributed by atoms with Crippen LogP contribution in [-0.2, 0) is 16.1 Å². The fourth-order valence-electron chi connectivity index (χ4n) is 2.76. The molecule has 0 spiro atoms. The van der Waals surface area contributed by atoms with Crippen molar-refractivity contribution in [2.24, 2.45) is 0 Å². The Hall–Kier alpha value is -1.77. The Labute approximate surface area is 192 Å². The van der Waals surface area contributed by atoms with Crippen molar-refractivity contribution in [2.75, 3.05) is 24.8 Å². The van der Waals surface area contributed by atoms with Crippen LogP contribution in [0, 0.1) is 0 Å². The predicted molar refractivity (Wildman–Crippen MR) is 123 cm³/mol. The number of halogens is 3. The van der Waals surface area contributed by atoms with Gasteiger partial charge in [-0.1, -0.05) is 58.7 Å². The minimum Gasteiger partial charge on any atom is -0.385 e. The molecule has 0 fully saturated rings. The molecule has 10 heteroatoms. The number of aromatic nitrogens is 2. The lowest BCUT2D eigenvalue weighted by molar-refractivity contribution is -0.113. The number of hydrogen-bond donors (Lipinski definition) is 1. The summed E-state index contributed by atoms with van der Waals surface area (Å²) in [5.74, 6) is -0.280. The molecule has 0 aliphatic rings. The third kappa shape index (κ3) is 5.47. The molecular formula is C20H18Cl3N3O3S. The van der Waals surface area contributed by atoms with E-state index >= 15 is 0 Å². The molecule has 0 radical (unpaired) electrons. The maximum absolute atomic E-state index is 12.9. The van der Waals surface area contributed by atoms with Crippen molar-refractivity contribution >= 4 is 69.1 Å². The van der Waals surface area contributed by atoms with Gasteiger partial charge in [-0.05, 0) is 30.7 Å². The van der Waals surface area contributed by atoms with E-state index in [1.807, 2.05) is 6.07 Å². The summed E-state index contributed by atoms with van der Waals surface area (Å²) in [4.78, 5) is 29.9. The first-order chi connectivity index (χ1) is 14.4. The molecule has 0 aliphatic heterocycles. The third-order valence-electron chi connectivity index (χ3n) is 4.17. The minimum atomic E-state index is -0.314. The molecule has 1 N–H and O–H groups in total. The number of amides is 1. The molecule has 1 heterocycles. The van der Waals surface area contributed by atoms with Crippen molar-refractivity contribution in [3.63, 3.8) is 0 Å². The van der Waals surface area contributed by atoms with Crippen LogP contribution < -0.4 is 10.9 Å². The van der Waals surface area contributed by atoms with Crippen LogP contribution in [0.5, 0.6) is 0 Å². The number of benzene rings is 2. The van der Waals surface area contributed by atoms with Gasteiger partial charge in [0.1, 0.15) is 0 Å². The molecule has 0 unspecified atom stereocenters. The summed E-state index contributed by atoms with van der Waals surface area (Å²) in [5, 5.41) is 4.56. The normalized spacial score (nSPS) is 11.1. The van der Waals surface area contributed by atoms with Gasteiger partial charge in [0.15, 0.2) is 5.16 Å². The van der Waals surface area contributed by atoms with Crippen LogP contribution in [0.3, 0.4) is 0 Å². The topological polar surface area (TPSA) is 73.2 Å². The zero-order valence-electron chi connectivity index (χ0n) is 16.0. The Bertz CT molecular complexity index is 1140. The molecule has 0 atom stereocenters. The number of fused-ring (bicyclic) bond motifs is 1. The number of carbonyl (C=O) groups excluding carboxylic acids is 1. The molecular weight excluding hydrogens is 469 g/mol. The van der Waals surface area contributed by atoms with E-state index in [0.717, 1.165) is 0 Å². The van der Waals surface area contributed by atoms with E-state index in [4.69, 9.17) is 39.5 Å². The van der Waals surface area contributed by atoms with Crippen LogP contribution in [0.4, 0.5) is 5.69 Å². The van der Waals surface area contributed by atoms with Crippen molar-refractivity contribution in [1.82, 2.24) is 9.55 Å². The van der Waals surface area contributed by atoms with Crippen molar-refractivity contribution in [3.8, 4) is 0 Å². The maximum Gasteiger partial charge on any atom is 0.262 e. The van der Waals surface area contributed by atoms with Gasteiger partial charge in [-0.25, -0.2) is 4.98 Å². The fraction of sp³-hybridized carbons (Fsp3) is 0.250.